The minimum absolute atomic E-state index is 0.00508. The van der Waals surface area contributed by atoms with E-state index in [-0.39, 0.29) is 20.3 Å². The number of hydrogen-bond donors (Lipinski definition) is 0. The summed E-state index contributed by atoms with van der Waals surface area (Å²) in [4.78, 5) is 28.2. The standard InChI is InChI=1S/C22H16BrClN2O4S2/c1-25(2)12-18-21(28)26-17(20(27)13-3-5-14(23)6-4-13)11-19(22(26)31-18)32(29,30)16-9-7-15(24)8-10-16/h3-12H,1-2H3. The number of benzene rings is 2. The molecule has 6 nitrogen and oxygen atoms in total. The summed E-state index contributed by atoms with van der Waals surface area (Å²) in [5.41, 5.74) is -0.113. The Morgan fingerprint density at radius 1 is 1.09 bits per heavy atom. The van der Waals surface area contributed by atoms with Crippen LogP contribution in [-0.2, 0) is 9.84 Å². The van der Waals surface area contributed by atoms with Gasteiger partial charge in [-0.1, -0.05) is 27.5 Å². The first-order valence-electron chi connectivity index (χ1n) is 9.27. The van der Waals surface area contributed by atoms with Crippen LogP contribution in [0.5, 0.6) is 0 Å². The average Bonchev–Trinajstić information content (AvgIpc) is 3.26. The summed E-state index contributed by atoms with van der Waals surface area (Å²) in [6, 6.07) is 13.7. The fourth-order valence-electron chi connectivity index (χ4n) is 3.19. The Bertz CT molecular complexity index is 1560. The van der Waals surface area contributed by atoms with E-state index in [2.05, 4.69) is 15.9 Å². The number of rotatable bonds is 5. The van der Waals surface area contributed by atoms with E-state index in [4.69, 9.17) is 11.6 Å². The van der Waals surface area contributed by atoms with Crippen LogP contribution in [0.4, 0.5) is 0 Å². The number of sulfone groups is 1. The molecular weight excluding hydrogens is 536 g/mol. The molecule has 0 spiro atoms. The predicted octanol–water partition coefficient (Wildman–Crippen LogP) is 3.86. The monoisotopic (exact) mass is 550 g/mol. The van der Waals surface area contributed by atoms with Gasteiger partial charge in [0.05, 0.1) is 10.6 Å². The molecule has 164 valence electrons. The maximum atomic E-state index is 13.4. The van der Waals surface area contributed by atoms with Crippen molar-refractivity contribution < 1.29 is 13.2 Å². The third-order valence-electron chi connectivity index (χ3n) is 4.67. The Morgan fingerprint density at radius 3 is 2.31 bits per heavy atom. The quantitative estimate of drug-likeness (QED) is 0.352. The van der Waals surface area contributed by atoms with Crippen molar-refractivity contribution in [1.82, 2.24) is 9.30 Å². The molecule has 2 heterocycles. The second-order valence-corrected chi connectivity index (χ2v) is 11.5. The van der Waals surface area contributed by atoms with Crippen molar-refractivity contribution in [3.63, 3.8) is 0 Å². The van der Waals surface area contributed by atoms with Crippen molar-refractivity contribution in [2.45, 2.75) is 9.79 Å². The highest BCUT2D eigenvalue weighted by atomic mass is 79.9. The van der Waals surface area contributed by atoms with Gasteiger partial charge >= 0.3 is 0 Å². The number of nitrogens with zero attached hydrogens (tertiary/aromatic N) is 2. The summed E-state index contributed by atoms with van der Waals surface area (Å²) in [5.74, 6) is -0.448. The Morgan fingerprint density at radius 2 is 1.72 bits per heavy atom. The molecule has 4 aromatic rings. The molecule has 0 aliphatic heterocycles. The lowest BCUT2D eigenvalue weighted by Crippen LogP contribution is -2.27. The van der Waals surface area contributed by atoms with Gasteiger partial charge in [0, 0.05) is 35.4 Å². The van der Waals surface area contributed by atoms with Crippen molar-refractivity contribution in [2.24, 2.45) is 0 Å². The molecule has 2 aromatic heterocycles. The summed E-state index contributed by atoms with van der Waals surface area (Å²) in [7, 11) is -0.496. The normalized spacial score (nSPS) is 12.4. The van der Waals surface area contributed by atoms with Gasteiger partial charge in [-0.3, -0.25) is 14.0 Å². The van der Waals surface area contributed by atoms with E-state index in [9.17, 15) is 18.0 Å². The molecule has 32 heavy (non-hydrogen) atoms. The van der Waals surface area contributed by atoms with Gasteiger partial charge in [0.2, 0.25) is 15.6 Å². The van der Waals surface area contributed by atoms with Crippen LogP contribution in [-0.4, -0.2) is 37.6 Å². The summed E-state index contributed by atoms with van der Waals surface area (Å²) in [6.45, 7) is 0. The Hall–Kier alpha value is -2.46. The topological polar surface area (TPSA) is 75.9 Å². The van der Waals surface area contributed by atoms with Crippen LogP contribution in [0.2, 0.25) is 5.02 Å². The van der Waals surface area contributed by atoms with E-state index >= 15 is 0 Å². The first-order valence-corrected chi connectivity index (χ1v) is 12.7. The number of thiazole rings is 1. The third kappa shape index (κ3) is 4.01. The molecule has 0 aliphatic rings. The molecule has 0 fully saturated rings. The van der Waals surface area contributed by atoms with Crippen molar-refractivity contribution >= 4 is 65.5 Å². The molecule has 2 aromatic carbocycles. The minimum atomic E-state index is -4.01. The van der Waals surface area contributed by atoms with E-state index in [0.29, 0.717) is 15.1 Å². The summed E-state index contributed by atoms with van der Waals surface area (Å²) >= 11 is 10.3. The van der Waals surface area contributed by atoms with Crippen molar-refractivity contribution in [2.75, 3.05) is 14.1 Å². The van der Waals surface area contributed by atoms with E-state index in [0.717, 1.165) is 15.8 Å². The fraction of sp³-hybridized carbons (Fsp3) is 0.0909. The Labute approximate surface area is 201 Å². The second-order valence-electron chi connectivity index (χ2n) is 7.19. The molecule has 10 heteroatoms. The molecule has 0 saturated heterocycles. The van der Waals surface area contributed by atoms with Gasteiger partial charge < -0.3 is 4.90 Å². The summed E-state index contributed by atoms with van der Waals surface area (Å²) in [5, 5.41) is 0.401. The van der Waals surface area contributed by atoms with Gasteiger partial charge in [0.25, 0.3) is 5.56 Å². The largest absolute Gasteiger partial charge is 0.382 e. The Kier molecular flexibility index (Phi) is 6.02. The van der Waals surface area contributed by atoms with Crippen molar-refractivity contribution in [1.29, 1.82) is 0 Å². The maximum Gasteiger partial charge on any atom is 0.275 e. The average molecular weight is 552 g/mol. The van der Waals surface area contributed by atoms with Gasteiger partial charge in [-0.05, 0) is 54.6 Å². The van der Waals surface area contributed by atoms with Crippen molar-refractivity contribution in [3.05, 3.63) is 90.2 Å². The highest BCUT2D eigenvalue weighted by Crippen LogP contribution is 2.30. The zero-order chi connectivity index (χ0) is 23.2. The van der Waals surface area contributed by atoms with E-state index in [1.165, 1.54) is 34.7 Å². The van der Waals surface area contributed by atoms with E-state index < -0.39 is 21.2 Å². The van der Waals surface area contributed by atoms with Gasteiger partial charge in [0.15, 0.2) is 0 Å². The SMILES string of the molecule is CN(C)C=c1sc2c(S(=O)(=O)c3ccc(Cl)cc3)cc(C(=O)c3ccc(Br)cc3)n2c1=O. The number of carbonyl (C=O) groups excluding carboxylic acids is 1. The summed E-state index contributed by atoms with van der Waals surface area (Å²) in [6.07, 6.45) is 1.60. The van der Waals surface area contributed by atoms with Gasteiger partial charge in [-0.25, -0.2) is 8.42 Å². The first-order chi connectivity index (χ1) is 15.1. The lowest BCUT2D eigenvalue weighted by atomic mass is 10.1. The van der Waals surface area contributed by atoms with Crippen molar-refractivity contribution in [3.8, 4) is 0 Å². The van der Waals surface area contributed by atoms with Crippen LogP contribution >= 0.6 is 38.9 Å². The molecule has 0 unspecified atom stereocenters. The van der Waals surface area contributed by atoms with E-state index in [1.54, 1.807) is 49.5 Å². The van der Waals surface area contributed by atoms with Crippen LogP contribution in [0.15, 0.2) is 73.7 Å². The molecule has 0 N–H and O–H groups in total. The lowest BCUT2D eigenvalue weighted by molar-refractivity contribution is 0.103. The smallest absolute Gasteiger partial charge is 0.275 e. The van der Waals surface area contributed by atoms with Crippen LogP contribution in [0.1, 0.15) is 16.1 Å². The van der Waals surface area contributed by atoms with Crippen LogP contribution in [0, 0.1) is 0 Å². The number of ketones is 1. The molecule has 0 atom stereocenters. The minimum Gasteiger partial charge on any atom is -0.382 e. The van der Waals surface area contributed by atoms with Crippen LogP contribution in [0.3, 0.4) is 0 Å². The van der Waals surface area contributed by atoms with E-state index in [1.807, 2.05) is 0 Å². The molecule has 0 saturated carbocycles. The van der Waals surface area contributed by atoms with Crippen LogP contribution in [0.25, 0.3) is 11.0 Å². The molecule has 4 rings (SSSR count). The predicted molar refractivity (Wildman–Crippen MR) is 129 cm³/mol. The van der Waals surface area contributed by atoms with Gasteiger partial charge in [-0.2, -0.15) is 0 Å². The number of hydrogen-bond acceptors (Lipinski definition) is 6. The fourth-order valence-corrected chi connectivity index (χ4v) is 6.45. The number of carbonyl (C=O) groups is 1. The Balaban J connectivity index is 2.02. The summed E-state index contributed by atoms with van der Waals surface area (Å²) < 4.78 is 29.2. The lowest BCUT2D eigenvalue weighted by Gasteiger charge is -2.02. The number of halogens is 2. The molecule has 0 aliphatic carbocycles. The highest BCUT2D eigenvalue weighted by molar-refractivity contribution is 9.10. The van der Waals surface area contributed by atoms with Crippen LogP contribution < -0.4 is 10.1 Å². The zero-order valence-electron chi connectivity index (χ0n) is 16.9. The first kappa shape index (κ1) is 22.7. The molecule has 0 amide bonds. The van der Waals surface area contributed by atoms with Gasteiger partial charge in [-0.15, -0.1) is 11.3 Å². The molecule has 0 radical (unpaired) electrons. The maximum absolute atomic E-state index is 13.4. The second kappa shape index (κ2) is 8.47. The number of aromatic nitrogens is 1. The highest BCUT2D eigenvalue weighted by Gasteiger charge is 2.29. The van der Waals surface area contributed by atoms with Gasteiger partial charge in [0.1, 0.15) is 14.3 Å². The molecular formula is C22H16BrClN2O4S2. The third-order valence-corrected chi connectivity index (χ3v) is 8.46. The zero-order valence-corrected chi connectivity index (χ0v) is 20.8. The number of fused-ring (bicyclic) bond motifs is 1. The molecule has 0 bridgehead atoms.